The summed E-state index contributed by atoms with van der Waals surface area (Å²) in [4.78, 5) is 10.0. The number of nitrogens with zero attached hydrogens (tertiary/aromatic N) is 1. The fraction of sp³-hybridized carbons (Fsp3) is 0.571. The zero-order valence-electron chi connectivity index (χ0n) is 11.3. The predicted octanol–water partition coefficient (Wildman–Crippen LogP) is 2.78. The van der Waals surface area contributed by atoms with E-state index in [1.54, 1.807) is 0 Å². The molecular weight excluding hydrogens is 263 g/mol. The van der Waals surface area contributed by atoms with Crippen molar-refractivity contribution in [1.82, 2.24) is 5.32 Å². The molecule has 0 bridgehead atoms. The van der Waals surface area contributed by atoms with Gasteiger partial charge in [0.2, 0.25) is 0 Å². The molecule has 0 radical (unpaired) electrons. The maximum absolute atomic E-state index is 13.2. The fourth-order valence-corrected chi connectivity index (χ4v) is 2.41. The maximum Gasteiger partial charge on any atom is 0.272 e. The molecule has 0 aliphatic carbocycles. The van der Waals surface area contributed by atoms with Crippen LogP contribution < -0.4 is 5.32 Å². The van der Waals surface area contributed by atoms with Gasteiger partial charge >= 0.3 is 0 Å². The molecule has 6 heteroatoms. The molecule has 110 valence electrons. The normalized spacial score (nSPS) is 18.9. The quantitative estimate of drug-likeness (QED) is 0.495. The van der Waals surface area contributed by atoms with E-state index in [1.807, 2.05) is 0 Å². The third kappa shape index (κ3) is 4.54. The Morgan fingerprint density at radius 3 is 2.95 bits per heavy atom. The van der Waals surface area contributed by atoms with Crippen LogP contribution in [0.15, 0.2) is 18.2 Å². The first-order valence-corrected chi connectivity index (χ1v) is 6.90. The topological polar surface area (TPSA) is 64.4 Å². The summed E-state index contributed by atoms with van der Waals surface area (Å²) in [7, 11) is 0. The zero-order chi connectivity index (χ0) is 14.4. The number of ether oxygens (including phenoxy) is 1. The minimum atomic E-state index is -0.605. The van der Waals surface area contributed by atoms with E-state index < -0.39 is 10.7 Å². The molecule has 1 atom stereocenters. The second kappa shape index (κ2) is 7.31. The second-order valence-corrected chi connectivity index (χ2v) is 5.06. The summed E-state index contributed by atoms with van der Waals surface area (Å²) in [6.07, 6.45) is 4.55. The Bertz CT molecular complexity index is 462. The van der Waals surface area contributed by atoms with Crippen LogP contribution in [0.4, 0.5) is 10.1 Å². The average Bonchev–Trinajstić information content (AvgIpc) is 2.44. The first-order valence-electron chi connectivity index (χ1n) is 6.90. The van der Waals surface area contributed by atoms with Crippen LogP contribution in [0.1, 0.15) is 31.2 Å². The van der Waals surface area contributed by atoms with E-state index in [9.17, 15) is 14.5 Å². The van der Waals surface area contributed by atoms with Gasteiger partial charge in [-0.25, -0.2) is 4.39 Å². The molecular formula is C14H19FN2O3. The number of nitrogens with one attached hydrogen (secondary N) is 1. The largest absolute Gasteiger partial charge is 0.377 e. The summed E-state index contributed by atoms with van der Waals surface area (Å²) >= 11 is 0. The Kier molecular flexibility index (Phi) is 5.43. The van der Waals surface area contributed by atoms with Gasteiger partial charge in [0.1, 0.15) is 5.82 Å². The summed E-state index contributed by atoms with van der Waals surface area (Å²) in [5.74, 6) is -0.605. The number of benzene rings is 1. The molecule has 0 spiro atoms. The lowest BCUT2D eigenvalue weighted by atomic mass is 10.0. The molecule has 1 fully saturated rings. The fourth-order valence-electron chi connectivity index (χ4n) is 2.41. The SMILES string of the molecule is O=[N+]([O-])c1cc(F)cc(COCCC2CCCCN2)c1. The van der Waals surface area contributed by atoms with Crippen LogP contribution in [0.5, 0.6) is 0 Å². The van der Waals surface area contributed by atoms with Crippen LogP contribution in [0.3, 0.4) is 0 Å². The van der Waals surface area contributed by atoms with E-state index in [1.165, 1.54) is 25.0 Å². The summed E-state index contributed by atoms with van der Waals surface area (Å²) in [5.41, 5.74) is 0.255. The smallest absolute Gasteiger partial charge is 0.272 e. The average molecular weight is 282 g/mol. The number of hydrogen-bond acceptors (Lipinski definition) is 4. The molecule has 1 aliphatic rings. The van der Waals surface area contributed by atoms with Crippen LogP contribution in [0, 0.1) is 15.9 Å². The Labute approximate surface area is 117 Å². The third-order valence-corrected chi connectivity index (χ3v) is 3.44. The highest BCUT2D eigenvalue weighted by molar-refractivity contribution is 5.34. The number of rotatable bonds is 6. The van der Waals surface area contributed by atoms with Gasteiger partial charge in [0.05, 0.1) is 17.6 Å². The molecule has 5 nitrogen and oxygen atoms in total. The van der Waals surface area contributed by atoms with Crippen molar-refractivity contribution in [1.29, 1.82) is 0 Å². The van der Waals surface area contributed by atoms with Crippen molar-refractivity contribution in [2.45, 2.75) is 38.3 Å². The Balaban J connectivity index is 1.77. The molecule has 0 aromatic heterocycles. The van der Waals surface area contributed by atoms with Crippen molar-refractivity contribution in [2.75, 3.05) is 13.2 Å². The molecule has 0 amide bonds. The lowest BCUT2D eigenvalue weighted by Crippen LogP contribution is -2.34. The number of hydrogen-bond donors (Lipinski definition) is 1. The number of piperidine rings is 1. The first-order chi connectivity index (χ1) is 9.65. The standard InChI is InChI=1S/C14H19FN2O3/c15-12-7-11(8-14(9-12)17(18)19)10-20-6-4-13-3-1-2-5-16-13/h7-9,13,16H,1-6,10H2. The first kappa shape index (κ1) is 14.9. The number of nitro groups is 1. The maximum atomic E-state index is 13.2. The van der Waals surface area contributed by atoms with E-state index >= 15 is 0 Å². The molecule has 1 aromatic carbocycles. The summed E-state index contributed by atoms with van der Waals surface area (Å²) in [5, 5.41) is 14.1. The highest BCUT2D eigenvalue weighted by Crippen LogP contribution is 2.17. The van der Waals surface area contributed by atoms with Crippen molar-refractivity contribution < 1.29 is 14.1 Å². The molecule has 0 saturated carbocycles. The van der Waals surface area contributed by atoms with Crippen molar-refractivity contribution in [3.8, 4) is 0 Å². The molecule has 1 heterocycles. The Morgan fingerprint density at radius 1 is 1.40 bits per heavy atom. The van der Waals surface area contributed by atoms with Crippen molar-refractivity contribution in [3.05, 3.63) is 39.7 Å². The lowest BCUT2D eigenvalue weighted by molar-refractivity contribution is -0.385. The highest BCUT2D eigenvalue weighted by atomic mass is 19.1. The van der Waals surface area contributed by atoms with Gasteiger partial charge in [-0.1, -0.05) is 6.42 Å². The molecule has 2 rings (SSSR count). The second-order valence-electron chi connectivity index (χ2n) is 5.06. The van der Waals surface area contributed by atoms with Crippen LogP contribution in [-0.2, 0) is 11.3 Å². The highest BCUT2D eigenvalue weighted by Gasteiger charge is 2.12. The van der Waals surface area contributed by atoms with Gasteiger partial charge < -0.3 is 10.1 Å². The lowest BCUT2D eigenvalue weighted by Gasteiger charge is -2.23. The van der Waals surface area contributed by atoms with Crippen LogP contribution in [0.2, 0.25) is 0 Å². The summed E-state index contributed by atoms with van der Waals surface area (Å²) in [6, 6.07) is 4.02. The van der Waals surface area contributed by atoms with Gasteiger partial charge in [-0.3, -0.25) is 10.1 Å². The van der Waals surface area contributed by atoms with E-state index in [0.717, 1.165) is 25.5 Å². The molecule has 20 heavy (non-hydrogen) atoms. The van der Waals surface area contributed by atoms with Gasteiger partial charge in [0.25, 0.3) is 5.69 Å². The minimum Gasteiger partial charge on any atom is -0.377 e. The molecule has 1 N–H and O–H groups in total. The number of non-ortho nitro benzene ring substituents is 1. The van der Waals surface area contributed by atoms with Crippen LogP contribution in [-0.4, -0.2) is 24.1 Å². The monoisotopic (exact) mass is 282 g/mol. The zero-order valence-corrected chi connectivity index (χ0v) is 11.3. The number of nitro benzene ring substituents is 1. The van der Waals surface area contributed by atoms with Gasteiger partial charge in [-0.15, -0.1) is 0 Å². The van der Waals surface area contributed by atoms with Gasteiger partial charge in [-0.05, 0) is 37.4 Å². The molecule has 1 aromatic rings. The molecule has 1 unspecified atom stereocenters. The Hall–Kier alpha value is -1.53. The third-order valence-electron chi connectivity index (χ3n) is 3.44. The van der Waals surface area contributed by atoms with Gasteiger partial charge in [0.15, 0.2) is 0 Å². The van der Waals surface area contributed by atoms with Gasteiger partial charge in [-0.2, -0.15) is 0 Å². The number of halogens is 1. The van der Waals surface area contributed by atoms with Crippen molar-refractivity contribution in [3.63, 3.8) is 0 Å². The van der Waals surface area contributed by atoms with E-state index in [2.05, 4.69) is 5.32 Å². The predicted molar refractivity (Wildman–Crippen MR) is 73.0 cm³/mol. The van der Waals surface area contributed by atoms with Crippen molar-refractivity contribution >= 4 is 5.69 Å². The summed E-state index contributed by atoms with van der Waals surface area (Å²) in [6.45, 7) is 1.83. The molecule has 1 saturated heterocycles. The van der Waals surface area contributed by atoms with Crippen molar-refractivity contribution in [2.24, 2.45) is 0 Å². The molecule has 1 aliphatic heterocycles. The van der Waals surface area contributed by atoms with Crippen LogP contribution >= 0.6 is 0 Å². The minimum absolute atomic E-state index is 0.200. The van der Waals surface area contributed by atoms with E-state index in [0.29, 0.717) is 18.2 Å². The van der Waals surface area contributed by atoms with Gasteiger partial charge in [0, 0.05) is 18.7 Å². The van der Waals surface area contributed by atoms with Crippen LogP contribution in [0.25, 0.3) is 0 Å². The van der Waals surface area contributed by atoms with E-state index in [-0.39, 0.29) is 12.3 Å². The Morgan fingerprint density at radius 2 is 2.25 bits per heavy atom. The summed E-state index contributed by atoms with van der Waals surface area (Å²) < 4.78 is 18.7. The van der Waals surface area contributed by atoms with E-state index in [4.69, 9.17) is 4.74 Å².